The molecule has 1 atom stereocenters. The largest absolute Gasteiger partial charge is 0.453 e. The van der Waals surface area contributed by atoms with Crippen LogP contribution in [-0.2, 0) is 17.1 Å². The van der Waals surface area contributed by atoms with E-state index in [9.17, 15) is 0 Å². The van der Waals surface area contributed by atoms with Crippen LogP contribution < -0.4 is 4.74 Å². The van der Waals surface area contributed by atoms with E-state index in [4.69, 9.17) is 9.47 Å². The van der Waals surface area contributed by atoms with Gasteiger partial charge in [0.1, 0.15) is 5.75 Å². The molecule has 2 heteroatoms. The first kappa shape index (κ1) is 15.7. The Morgan fingerprint density at radius 2 is 1.50 bits per heavy atom. The van der Waals surface area contributed by atoms with Gasteiger partial charge in [-0.25, -0.2) is 0 Å². The Hall–Kier alpha value is -3.36. The monoisotopic (exact) mass is 362 g/mol. The van der Waals surface area contributed by atoms with Crippen molar-refractivity contribution in [2.75, 3.05) is 0 Å². The third kappa shape index (κ3) is 2.19. The summed E-state index contributed by atoms with van der Waals surface area (Å²) in [5.41, 5.74) is 5.53. The molecule has 0 aromatic heterocycles. The molecule has 6 rings (SSSR count). The predicted octanol–water partition coefficient (Wildman–Crippen LogP) is 6.16. The standard InChI is InChI=1S/C26H18O2/c1-2-8-19-15-22(14-13-18(19)7-1)26-24(16-20-9-4-6-12-25(20)28-26)23-11-5-3-10-21(23)17-27-26/h1-16H,17H2. The van der Waals surface area contributed by atoms with Crippen molar-refractivity contribution in [1.29, 1.82) is 0 Å². The first-order chi connectivity index (χ1) is 13.8. The Morgan fingerprint density at radius 1 is 0.714 bits per heavy atom. The van der Waals surface area contributed by atoms with Crippen LogP contribution in [0.25, 0.3) is 22.4 Å². The first-order valence-electron chi connectivity index (χ1n) is 9.55. The molecule has 0 bridgehead atoms. The van der Waals surface area contributed by atoms with Crippen LogP contribution in [0.1, 0.15) is 22.3 Å². The third-order valence-electron chi connectivity index (χ3n) is 5.70. The molecular formula is C26H18O2. The summed E-state index contributed by atoms with van der Waals surface area (Å²) >= 11 is 0. The molecule has 2 aliphatic rings. The summed E-state index contributed by atoms with van der Waals surface area (Å²) in [5.74, 6) is -0.0917. The van der Waals surface area contributed by atoms with Gasteiger partial charge in [0.05, 0.1) is 6.61 Å². The van der Waals surface area contributed by atoms with Crippen LogP contribution in [0.3, 0.4) is 0 Å². The minimum absolute atomic E-state index is 0.516. The summed E-state index contributed by atoms with van der Waals surface area (Å²) < 4.78 is 13.1. The summed E-state index contributed by atoms with van der Waals surface area (Å²) in [7, 11) is 0. The summed E-state index contributed by atoms with van der Waals surface area (Å²) in [6.45, 7) is 0.516. The lowest BCUT2D eigenvalue weighted by Crippen LogP contribution is -2.42. The fourth-order valence-corrected chi connectivity index (χ4v) is 4.30. The number of para-hydroxylation sites is 1. The van der Waals surface area contributed by atoms with Crippen LogP contribution in [0, 0.1) is 0 Å². The van der Waals surface area contributed by atoms with Crippen LogP contribution in [0.5, 0.6) is 5.75 Å². The van der Waals surface area contributed by atoms with Gasteiger partial charge in [0.25, 0.3) is 5.79 Å². The number of rotatable bonds is 1. The van der Waals surface area contributed by atoms with E-state index in [0.717, 1.165) is 22.4 Å². The fourth-order valence-electron chi connectivity index (χ4n) is 4.30. The molecule has 2 nitrogen and oxygen atoms in total. The van der Waals surface area contributed by atoms with Crippen molar-refractivity contribution in [3.05, 3.63) is 113 Å². The molecule has 0 saturated carbocycles. The van der Waals surface area contributed by atoms with Gasteiger partial charge in [-0.05, 0) is 40.1 Å². The SMILES string of the molecule is C1=C2c3ccccc3COC2(c2ccc3ccccc3c2)Oc2ccccc21. The summed E-state index contributed by atoms with van der Waals surface area (Å²) in [6, 6.07) is 31.4. The molecule has 2 heterocycles. The maximum atomic E-state index is 6.62. The maximum absolute atomic E-state index is 6.62. The highest BCUT2D eigenvalue weighted by molar-refractivity contribution is 5.92. The van der Waals surface area contributed by atoms with Crippen LogP contribution in [0.15, 0.2) is 91.0 Å². The highest BCUT2D eigenvalue weighted by Gasteiger charge is 2.46. The zero-order valence-corrected chi connectivity index (χ0v) is 15.3. The molecule has 28 heavy (non-hydrogen) atoms. The van der Waals surface area contributed by atoms with Gasteiger partial charge >= 0.3 is 0 Å². The molecule has 0 saturated heterocycles. The topological polar surface area (TPSA) is 18.5 Å². The van der Waals surface area contributed by atoms with Gasteiger partial charge in [0, 0.05) is 16.7 Å². The quantitative estimate of drug-likeness (QED) is 0.404. The number of benzene rings is 4. The van der Waals surface area contributed by atoms with E-state index in [1.54, 1.807) is 0 Å². The summed E-state index contributed by atoms with van der Waals surface area (Å²) in [4.78, 5) is 0. The number of hydrogen-bond acceptors (Lipinski definition) is 2. The summed E-state index contributed by atoms with van der Waals surface area (Å²) in [5, 5.41) is 2.39. The van der Waals surface area contributed by atoms with Gasteiger partial charge in [-0.1, -0.05) is 78.9 Å². The van der Waals surface area contributed by atoms with Gasteiger partial charge in [-0.3, -0.25) is 0 Å². The van der Waals surface area contributed by atoms with Crippen LogP contribution in [-0.4, -0.2) is 0 Å². The van der Waals surface area contributed by atoms with Gasteiger partial charge in [-0.2, -0.15) is 0 Å². The number of ether oxygens (including phenoxy) is 2. The van der Waals surface area contributed by atoms with Gasteiger partial charge in [0.2, 0.25) is 0 Å². The predicted molar refractivity (Wildman–Crippen MR) is 112 cm³/mol. The minimum Gasteiger partial charge on any atom is -0.453 e. The number of fused-ring (bicyclic) bond motifs is 5. The second-order valence-corrected chi connectivity index (χ2v) is 7.32. The second-order valence-electron chi connectivity index (χ2n) is 7.32. The molecule has 1 unspecified atom stereocenters. The van der Waals surface area contributed by atoms with Gasteiger partial charge < -0.3 is 9.47 Å². The smallest absolute Gasteiger partial charge is 0.265 e. The molecule has 4 aromatic rings. The van der Waals surface area contributed by atoms with E-state index in [0.29, 0.717) is 6.61 Å². The molecule has 0 aliphatic carbocycles. The number of hydrogen-bond donors (Lipinski definition) is 0. The van der Waals surface area contributed by atoms with Crippen molar-refractivity contribution in [2.45, 2.75) is 12.4 Å². The molecule has 134 valence electrons. The van der Waals surface area contributed by atoms with Crippen molar-refractivity contribution in [2.24, 2.45) is 0 Å². The molecule has 4 aromatic carbocycles. The Morgan fingerprint density at radius 3 is 2.46 bits per heavy atom. The van der Waals surface area contributed by atoms with Crippen LogP contribution >= 0.6 is 0 Å². The molecule has 0 fully saturated rings. The van der Waals surface area contributed by atoms with Crippen LogP contribution in [0.4, 0.5) is 0 Å². The Balaban J connectivity index is 1.63. The van der Waals surface area contributed by atoms with E-state index in [2.05, 4.69) is 78.9 Å². The Bertz CT molecular complexity index is 1250. The molecule has 0 spiro atoms. The third-order valence-corrected chi connectivity index (χ3v) is 5.70. The van der Waals surface area contributed by atoms with Gasteiger partial charge in [-0.15, -0.1) is 0 Å². The molecule has 0 amide bonds. The highest BCUT2D eigenvalue weighted by Crippen LogP contribution is 2.51. The highest BCUT2D eigenvalue weighted by atomic mass is 16.7. The van der Waals surface area contributed by atoms with Crippen molar-refractivity contribution in [3.63, 3.8) is 0 Å². The van der Waals surface area contributed by atoms with Crippen molar-refractivity contribution >= 4 is 22.4 Å². The molecular weight excluding hydrogens is 344 g/mol. The van der Waals surface area contributed by atoms with E-state index >= 15 is 0 Å². The molecule has 0 radical (unpaired) electrons. The lowest BCUT2D eigenvalue weighted by molar-refractivity contribution is -0.160. The maximum Gasteiger partial charge on any atom is 0.265 e. The average Bonchev–Trinajstić information content (AvgIpc) is 2.77. The van der Waals surface area contributed by atoms with E-state index in [-0.39, 0.29) is 0 Å². The normalized spacial score (nSPS) is 19.8. The van der Waals surface area contributed by atoms with E-state index in [1.165, 1.54) is 21.9 Å². The van der Waals surface area contributed by atoms with Crippen molar-refractivity contribution in [1.82, 2.24) is 0 Å². The Kier molecular flexibility index (Phi) is 3.26. The van der Waals surface area contributed by atoms with Crippen molar-refractivity contribution < 1.29 is 9.47 Å². The molecule has 0 N–H and O–H groups in total. The average molecular weight is 362 g/mol. The lowest BCUT2D eigenvalue weighted by Gasteiger charge is -2.43. The van der Waals surface area contributed by atoms with Crippen molar-refractivity contribution in [3.8, 4) is 5.75 Å². The fraction of sp³-hybridized carbons (Fsp3) is 0.0769. The Labute approximate surface area is 163 Å². The van der Waals surface area contributed by atoms with E-state index < -0.39 is 5.79 Å². The molecule has 2 aliphatic heterocycles. The van der Waals surface area contributed by atoms with Gasteiger partial charge in [0.15, 0.2) is 0 Å². The van der Waals surface area contributed by atoms with Crippen LogP contribution in [0.2, 0.25) is 0 Å². The summed E-state index contributed by atoms with van der Waals surface area (Å²) in [6.07, 6.45) is 2.21. The zero-order valence-electron chi connectivity index (χ0n) is 15.3. The first-order valence-corrected chi connectivity index (χ1v) is 9.55. The lowest BCUT2D eigenvalue weighted by atomic mass is 9.83. The van der Waals surface area contributed by atoms with E-state index in [1.807, 2.05) is 18.2 Å². The minimum atomic E-state index is -0.938. The zero-order chi connectivity index (χ0) is 18.6. The second kappa shape index (κ2) is 5.82.